The van der Waals surface area contributed by atoms with Crippen LogP contribution in [0.3, 0.4) is 0 Å². The highest BCUT2D eigenvalue weighted by Crippen LogP contribution is 2.13. The van der Waals surface area contributed by atoms with Gasteiger partial charge in [0.1, 0.15) is 5.82 Å². The van der Waals surface area contributed by atoms with Crippen LogP contribution in [0.2, 0.25) is 0 Å². The molecule has 3 rings (SSSR count). The summed E-state index contributed by atoms with van der Waals surface area (Å²) in [5.74, 6) is 0.553. The second-order valence-electron chi connectivity index (χ2n) is 5.01. The summed E-state index contributed by atoms with van der Waals surface area (Å²) in [5, 5.41) is 7.23. The fourth-order valence-electron chi connectivity index (χ4n) is 2.22. The Bertz CT molecular complexity index is 779. The highest BCUT2D eigenvalue weighted by molar-refractivity contribution is 5.95. The Kier molecular flexibility index (Phi) is 3.39. The van der Waals surface area contributed by atoms with E-state index >= 15 is 0 Å². The summed E-state index contributed by atoms with van der Waals surface area (Å²) < 4.78 is 1.67. The average molecular weight is 280 g/mol. The normalized spacial score (nSPS) is 12.3. The Balaban J connectivity index is 1.80. The van der Waals surface area contributed by atoms with Crippen molar-refractivity contribution < 1.29 is 4.79 Å². The van der Waals surface area contributed by atoms with Gasteiger partial charge in [-0.3, -0.25) is 4.79 Å². The lowest BCUT2D eigenvalue weighted by Crippen LogP contribution is -2.26. The fraction of sp³-hybridized carbons (Fsp3) is 0.188. The molecule has 0 bridgehead atoms. The molecule has 2 heterocycles. The number of hydrogen-bond donors (Lipinski definition) is 1. The van der Waals surface area contributed by atoms with Gasteiger partial charge in [0, 0.05) is 6.20 Å². The predicted octanol–water partition coefficient (Wildman–Crippen LogP) is 2.53. The molecule has 5 nitrogen and oxygen atoms in total. The number of carbonyl (C=O) groups excluding carboxylic acids is 1. The van der Waals surface area contributed by atoms with Gasteiger partial charge in [-0.05, 0) is 25.5 Å². The van der Waals surface area contributed by atoms with E-state index in [1.807, 2.05) is 44.2 Å². The Morgan fingerprint density at radius 2 is 2.05 bits per heavy atom. The van der Waals surface area contributed by atoms with Crippen molar-refractivity contribution in [3.05, 3.63) is 65.7 Å². The zero-order valence-corrected chi connectivity index (χ0v) is 11.9. The smallest absolute Gasteiger partial charge is 0.253 e. The summed E-state index contributed by atoms with van der Waals surface area (Å²) in [5.41, 5.74) is 2.46. The minimum absolute atomic E-state index is 0.0467. The molecule has 0 spiro atoms. The molecular formula is C16H16N4O. The Hall–Kier alpha value is -2.69. The van der Waals surface area contributed by atoms with E-state index in [1.165, 1.54) is 0 Å². The third-order valence-electron chi connectivity index (χ3n) is 3.37. The highest BCUT2D eigenvalue weighted by atomic mass is 16.1. The largest absolute Gasteiger partial charge is 0.345 e. The third-order valence-corrected chi connectivity index (χ3v) is 3.37. The van der Waals surface area contributed by atoms with E-state index < -0.39 is 0 Å². The Morgan fingerprint density at radius 1 is 1.29 bits per heavy atom. The summed E-state index contributed by atoms with van der Waals surface area (Å²) in [6, 6.07) is 11.6. The molecule has 1 amide bonds. The monoisotopic (exact) mass is 280 g/mol. The van der Waals surface area contributed by atoms with Gasteiger partial charge < -0.3 is 5.32 Å². The van der Waals surface area contributed by atoms with Crippen molar-refractivity contribution in [3.8, 4) is 0 Å². The minimum atomic E-state index is -0.116. The quantitative estimate of drug-likeness (QED) is 0.802. The van der Waals surface area contributed by atoms with Crippen molar-refractivity contribution in [3.63, 3.8) is 0 Å². The van der Waals surface area contributed by atoms with Gasteiger partial charge in [-0.25, -0.2) is 9.50 Å². The van der Waals surface area contributed by atoms with Gasteiger partial charge in [0.2, 0.25) is 0 Å². The van der Waals surface area contributed by atoms with Crippen molar-refractivity contribution in [2.45, 2.75) is 19.9 Å². The first kappa shape index (κ1) is 13.3. The van der Waals surface area contributed by atoms with Crippen LogP contribution in [0, 0.1) is 6.92 Å². The highest BCUT2D eigenvalue weighted by Gasteiger charge is 2.13. The summed E-state index contributed by atoms with van der Waals surface area (Å²) in [6.45, 7) is 3.78. The van der Waals surface area contributed by atoms with E-state index in [-0.39, 0.29) is 11.9 Å². The van der Waals surface area contributed by atoms with Crippen LogP contribution in [-0.4, -0.2) is 20.5 Å². The molecule has 3 aromatic rings. The van der Waals surface area contributed by atoms with Crippen LogP contribution in [0.5, 0.6) is 0 Å². The van der Waals surface area contributed by atoms with Gasteiger partial charge in [0.15, 0.2) is 0 Å². The zero-order valence-electron chi connectivity index (χ0n) is 11.9. The molecule has 2 aromatic heterocycles. The van der Waals surface area contributed by atoms with Gasteiger partial charge >= 0.3 is 0 Å². The number of hydrogen-bond acceptors (Lipinski definition) is 3. The molecule has 0 aliphatic rings. The number of rotatable bonds is 3. The van der Waals surface area contributed by atoms with Crippen molar-refractivity contribution in [1.82, 2.24) is 19.9 Å². The van der Waals surface area contributed by atoms with E-state index in [0.29, 0.717) is 11.4 Å². The molecule has 1 N–H and O–H groups in total. The average Bonchev–Trinajstić information content (AvgIpc) is 2.91. The molecule has 21 heavy (non-hydrogen) atoms. The molecule has 0 saturated carbocycles. The lowest BCUT2D eigenvalue weighted by molar-refractivity contribution is 0.0940. The molecule has 5 heteroatoms. The maximum Gasteiger partial charge on any atom is 0.253 e. The number of fused-ring (bicyclic) bond motifs is 1. The summed E-state index contributed by atoms with van der Waals surface area (Å²) in [6.07, 6.45) is 3.43. The van der Waals surface area contributed by atoms with Crippen LogP contribution < -0.4 is 5.32 Å². The molecule has 106 valence electrons. The van der Waals surface area contributed by atoms with Crippen molar-refractivity contribution in [1.29, 1.82) is 0 Å². The molecule has 0 aliphatic heterocycles. The molecule has 1 aromatic carbocycles. The van der Waals surface area contributed by atoms with Crippen LogP contribution in [0.25, 0.3) is 5.52 Å². The number of carbonyl (C=O) groups is 1. The molecule has 0 fully saturated rings. The van der Waals surface area contributed by atoms with Crippen molar-refractivity contribution in [2.75, 3.05) is 0 Å². The lowest BCUT2D eigenvalue weighted by atomic mass is 10.1. The fourth-order valence-corrected chi connectivity index (χ4v) is 2.22. The molecule has 0 radical (unpaired) electrons. The van der Waals surface area contributed by atoms with Gasteiger partial charge in [0.05, 0.1) is 23.3 Å². The SMILES string of the molecule is Cc1ncc2cc(C(=O)NC(C)c3ccccc3)cn2n1. The number of amides is 1. The van der Waals surface area contributed by atoms with Crippen molar-refractivity contribution in [2.24, 2.45) is 0 Å². The molecular weight excluding hydrogens is 264 g/mol. The van der Waals surface area contributed by atoms with E-state index in [2.05, 4.69) is 15.4 Å². The van der Waals surface area contributed by atoms with E-state index in [0.717, 1.165) is 11.1 Å². The number of aromatic nitrogens is 3. The van der Waals surface area contributed by atoms with Crippen LogP contribution >= 0.6 is 0 Å². The molecule has 1 atom stereocenters. The molecule has 1 unspecified atom stereocenters. The van der Waals surface area contributed by atoms with Gasteiger partial charge in [-0.15, -0.1) is 0 Å². The first-order valence-corrected chi connectivity index (χ1v) is 6.81. The number of nitrogens with one attached hydrogen (secondary N) is 1. The topological polar surface area (TPSA) is 59.3 Å². The Morgan fingerprint density at radius 3 is 2.81 bits per heavy atom. The predicted molar refractivity (Wildman–Crippen MR) is 80.0 cm³/mol. The van der Waals surface area contributed by atoms with E-state index in [4.69, 9.17) is 0 Å². The Labute approximate surface area is 122 Å². The van der Waals surface area contributed by atoms with Gasteiger partial charge in [0.25, 0.3) is 5.91 Å². The first-order chi connectivity index (χ1) is 10.1. The third kappa shape index (κ3) is 2.76. The van der Waals surface area contributed by atoms with Crippen LogP contribution in [0.4, 0.5) is 0 Å². The van der Waals surface area contributed by atoms with E-state index in [9.17, 15) is 4.79 Å². The molecule has 0 aliphatic carbocycles. The number of nitrogens with zero attached hydrogens (tertiary/aromatic N) is 3. The maximum absolute atomic E-state index is 12.3. The van der Waals surface area contributed by atoms with Crippen LogP contribution in [-0.2, 0) is 0 Å². The number of aryl methyl sites for hydroxylation is 1. The van der Waals surface area contributed by atoms with Crippen LogP contribution in [0.1, 0.15) is 34.7 Å². The van der Waals surface area contributed by atoms with Gasteiger partial charge in [-0.2, -0.15) is 5.10 Å². The van der Waals surface area contributed by atoms with Crippen molar-refractivity contribution >= 4 is 11.4 Å². The van der Waals surface area contributed by atoms with E-state index in [1.54, 1.807) is 23.0 Å². The zero-order chi connectivity index (χ0) is 14.8. The standard InChI is InChI=1S/C16H16N4O/c1-11(13-6-4-3-5-7-13)18-16(21)14-8-15-9-17-12(2)19-20(15)10-14/h3-11H,1-2H3,(H,18,21). The summed E-state index contributed by atoms with van der Waals surface area (Å²) >= 11 is 0. The minimum Gasteiger partial charge on any atom is -0.345 e. The number of benzene rings is 1. The van der Waals surface area contributed by atoms with Gasteiger partial charge in [-0.1, -0.05) is 30.3 Å². The second-order valence-corrected chi connectivity index (χ2v) is 5.01. The van der Waals surface area contributed by atoms with Crippen LogP contribution in [0.15, 0.2) is 48.8 Å². The first-order valence-electron chi connectivity index (χ1n) is 6.81. The lowest BCUT2D eigenvalue weighted by Gasteiger charge is -2.13. The second kappa shape index (κ2) is 5.36. The summed E-state index contributed by atoms with van der Waals surface area (Å²) in [7, 11) is 0. The summed E-state index contributed by atoms with van der Waals surface area (Å²) in [4.78, 5) is 16.4. The molecule has 0 saturated heterocycles. The maximum atomic E-state index is 12.3.